The van der Waals surface area contributed by atoms with E-state index >= 15 is 0 Å². The van der Waals surface area contributed by atoms with Crippen LogP contribution in [0.5, 0.6) is 0 Å². The fourth-order valence-electron chi connectivity index (χ4n) is 2.35. The lowest BCUT2D eigenvalue weighted by Gasteiger charge is -2.04. The van der Waals surface area contributed by atoms with Crippen LogP contribution in [-0.2, 0) is 4.79 Å². The third-order valence-electron chi connectivity index (χ3n) is 3.39. The lowest BCUT2D eigenvalue weighted by molar-refractivity contribution is -0.114. The molecule has 1 aliphatic rings. The predicted octanol–water partition coefficient (Wildman–Crippen LogP) is 4.81. The van der Waals surface area contributed by atoms with E-state index < -0.39 is 0 Å². The molecule has 0 saturated heterocycles. The van der Waals surface area contributed by atoms with Gasteiger partial charge in [0.25, 0.3) is 0 Å². The first-order valence-electron chi connectivity index (χ1n) is 7.05. The monoisotopic (exact) mass is 222 g/mol. The Kier molecular flexibility index (Phi) is 7.20. The Morgan fingerprint density at radius 2 is 1.69 bits per heavy atom. The zero-order valence-corrected chi connectivity index (χ0v) is 10.8. The van der Waals surface area contributed by atoms with E-state index in [1.165, 1.54) is 56.9 Å². The number of rotatable bonds is 7. The SMILES string of the molecule is CCCCCCCCC1=CC(=O)CCCC1. The summed E-state index contributed by atoms with van der Waals surface area (Å²) in [5.41, 5.74) is 1.41. The lowest BCUT2D eigenvalue weighted by atomic mass is 10.0. The van der Waals surface area contributed by atoms with Crippen molar-refractivity contribution in [3.8, 4) is 0 Å². The van der Waals surface area contributed by atoms with Crippen molar-refractivity contribution < 1.29 is 4.79 Å². The van der Waals surface area contributed by atoms with Gasteiger partial charge < -0.3 is 0 Å². The highest BCUT2D eigenvalue weighted by Gasteiger charge is 2.07. The summed E-state index contributed by atoms with van der Waals surface area (Å²) in [7, 11) is 0. The standard InChI is InChI=1S/C15H26O/c1-2-3-4-5-6-7-10-14-11-8-9-12-15(16)13-14/h13H,2-12H2,1H3. The normalized spacial score (nSPS) is 17.1. The third-order valence-corrected chi connectivity index (χ3v) is 3.39. The summed E-state index contributed by atoms with van der Waals surface area (Å²) < 4.78 is 0. The molecule has 0 radical (unpaired) electrons. The van der Waals surface area contributed by atoms with E-state index in [1.54, 1.807) is 0 Å². The van der Waals surface area contributed by atoms with Gasteiger partial charge in [-0.3, -0.25) is 4.79 Å². The third kappa shape index (κ3) is 6.09. The molecule has 1 heteroatoms. The molecule has 1 aliphatic carbocycles. The van der Waals surface area contributed by atoms with Gasteiger partial charge in [-0.15, -0.1) is 0 Å². The van der Waals surface area contributed by atoms with E-state index in [4.69, 9.17) is 0 Å². The van der Waals surface area contributed by atoms with Gasteiger partial charge in [-0.05, 0) is 38.2 Å². The lowest BCUT2D eigenvalue weighted by Crippen LogP contribution is -1.91. The molecule has 0 aromatic rings. The van der Waals surface area contributed by atoms with Gasteiger partial charge in [-0.1, -0.05) is 44.6 Å². The van der Waals surface area contributed by atoms with Crippen LogP contribution >= 0.6 is 0 Å². The molecule has 16 heavy (non-hydrogen) atoms. The van der Waals surface area contributed by atoms with Crippen molar-refractivity contribution in [3.05, 3.63) is 11.6 Å². The first-order chi connectivity index (χ1) is 7.83. The maximum Gasteiger partial charge on any atom is 0.155 e. The molecular weight excluding hydrogens is 196 g/mol. The highest BCUT2D eigenvalue weighted by molar-refractivity contribution is 5.90. The molecule has 0 fully saturated rings. The Balaban J connectivity index is 2.09. The molecular formula is C15H26O. The van der Waals surface area contributed by atoms with Crippen LogP contribution in [0.3, 0.4) is 0 Å². The Bertz CT molecular complexity index is 228. The van der Waals surface area contributed by atoms with Crippen LogP contribution in [0.25, 0.3) is 0 Å². The highest BCUT2D eigenvalue weighted by Crippen LogP contribution is 2.20. The summed E-state index contributed by atoms with van der Waals surface area (Å²) in [6.45, 7) is 2.25. The van der Waals surface area contributed by atoms with Gasteiger partial charge in [0, 0.05) is 6.42 Å². The van der Waals surface area contributed by atoms with Crippen LogP contribution in [0.1, 0.15) is 77.6 Å². The first kappa shape index (κ1) is 13.5. The molecule has 1 rings (SSSR count). The Morgan fingerprint density at radius 3 is 2.50 bits per heavy atom. The summed E-state index contributed by atoms with van der Waals surface area (Å²) >= 11 is 0. The number of carbonyl (C=O) groups excluding carboxylic acids is 1. The summed E-state index contributed by atoms with van der Waals surface area (Å²) in [5, 5.41) is 0. The van der Waals surface area contributed by atoms with Crippen molar-refractivity contribution in [3.63, 3.8) is 0 Å². The maximum absolute atomic E-state index is 11.4. The number of hydrogen-bond donors (Lipinski definition) is 0. The molecule has 0 unspecified atom stereocenters. The highest BCUT2D eigenvalue weighted by atomic mass is 16.1. The molecule has 0 aliphatic heterocycles. The van der Waals surface area contributed by atoms with Crippen LogP contribution in [0.4, 0.5) is 0 Å². The second kappa shape index (κ2) is 8.55. The molecule has 0 aromatic carbocycles. The van der Waals surface area contributed by atoms with E-state index in [2.05, 4.69) is 6.92 Å². The van der Waals surface area contributed by atoms with Crippen molar-refractivity contribution in [2.45, 2.75) is 77.6 Å². The van der Waals surface area contributed by atoms with Crippen molar-refractivity contribution in [2.24, 2.45) is 0 Å². The van der Waals surface area contributed by atoms with E-state index in [1.807, 2.05) is 6.08 Å². The van der Waals surface area contributed by atoms with Gasteiger partial charge in [0.15, 0.2) is 5.78 Å². The minimum absolute atomic E-state index is 0.360. The average molecular weight is 222 g/mol. The smallest absolute Gasteiger partial charge is 0.155 e. The minimum Gasteiger partial charge on any atom is -0.295 e. The molecule has 0 N–H and O–H groups in total. The number of allylic oxidation sites excluding steroid dienone is 2. The van der Waals surface area contributed by atoms with Crippen molar-refractivity contribution in [1.82, 2.24) is 0 Å². The summed E-state index contributed by atoms with van der Waals surface area (Å²) in [5.74, 6) is 0.360. The van der Waals surface area contributed by atoms with E-state index in [0.717, 1.165) is 19.3 Å². The summed E-state index contributed by atoms with van der Waals surface area (Å²) in [6, 6.07) is 0. The number of ketones is 1. The summed E-state index contributed by atoms with van der Waals surface area (Å²) in [4.78, 5) is 11.4. The largest absolute Gasteiger partial charge is 0.295 e. The van der Waals surface area contributed by atoms with E-state index in [9.17, 15) is 4.79 Å². The van der Waals surface area contributed by atoms with Gasteiger partial charge in [0.1, 0.15) is 0 Å². The average Bonchev–Trinajstić information content (AvgIpc) is 2.48. The topological polar surface area (TPSA) is 17.1 Å². The fourth-order valence-corrected chi connectivity index (χ4v) is 2.35. The van der Waals surface area contributed by atoms with Crippen molar-refractivity contribution in [1.29, 1.82) is 0 Å². The second-order valence-electron chi connectivity index (χ2n) is 4.99. The molecule has 0 aromatic heterocycles. The maximum atomic E-state index is 11.4. The molecule has 0 spiro atoms. The van der Waals surface area contributed by atoms with Crippen LogP contribution in [0.15, 0.2) is 11.6 Å². The van der Waals surface area contributed by atoms with Crippen LogP contribution < -0.4 is 0 Å². The van der Waals surface area contributed by atoms with E-state index in [-0.39, 0.29) is 0 Å². The van der Waals surface area contributed by atoms with Gasteiger partial charge in [0.05, 0.1) is 0 Å². The van der Waals surface area contributed by atoms with Gasteiger partial charge >= 0.3 is 0 Å². The summed E-state index contributed by atoms with van der Waals surface area (Å²) in [6.07, 6.45) is 15.4. The quantitative estimate of drug-likeness (QED) is 0.565. The minimum atomic E-state index is 0.360. The van der Waals surface area contributed by atoms with Crippen molar-refractivity contribution in [2.75, 3.05) is 0 Å². The molecule has 0 heterocycles. The van der Waals surface area contributed by atoms with Gasteiger partial charge in [-0.2, -0.15) is 0 Å². The van der Waals surface area contributed by atoms with Crippen LogP contribution in [0.2, 0.25) is 0 Å². The van der Waals surface area contributed by atoms with E-state index in [0.29, 0.717) is 5.78 Å². The second-order valence-corrected chi connectivity index (χ2v) is 4.99. The van der Waals surface area contributed by atoms with Crippen LogP contribution in [0, 0.1) is 0 Å². The number of hydrogen-bond acceptors (Lipinski definition) is 1. The van der Waals surface area contributed by atoms with Gasteiger partial charge in [0.2, 0.25) is 0 Å². The molecule has 1 nitrogen and oxygen atoms in total. The van der Waals surface area contributed by atoms with Crippen molar-refractivity contribution >= 4 is 5.78 Å². The zero-order valence-electron chi connectivity index (χ0n) is 10.8. The zero-order chi connectivity index (χ0) is 11.6. The number of unbranched alkanes of at least 4 members (excludes halogenated alkanes) is 5. The molecule has 0 saturated carbocycles. The van der Waals surface area contributed by atoms with Gasteiger partial charge in [-0.25, -0.2) is 0 Å². The predicted molar refractivity (Wildman–Crippen MR) is 69.6 cm³/mol. The first-order valence-corrected chi connectivity index (χ1v) is 7.05. The Hall–Kier alpha value is -0.590. The Morgan fingerprint density at radius 1 is 1.00 bits per heavy atom. The number of carbonyl (C=O) groups is 1. The Labute approximate surface area is 100 Å². The van der Waals surface area contributed by atoms with Crippen LogP contribution in [-0.4, -0.2) is 5.78 Å². The fraction of sp³-hybridized carbons (Fsp3) is 0.800. The molecule has 0 bridgehead atoms. The molecule has 0 amide bonds. The molecule has 92 valence electrons. The molecule has 0 atom stereocenters.